The van der Waals surface area contributed by atoms with E-state index in [4.69, 9.17) is 9.47 Å². The second-order valence-corrected chi connectivity index (χ2v) is 4.36. The highest BCUT2D eigenvalue weighted by atomic mass is 127. The van der Waals surface area contributed by atoms with E-state index >= 15 is 0 Å². The van der Waals surface area contributed by atoms with E-state index in [0.29, 0.717) is 6.54 Å². The maximum Gasteiger partial charge on any atom is 0.191 e. The number of ether oxygens (including phenoxy) is 2. The summed E-state index contributed by atoms with van der Waals surface area (Å²) in [6.07, 6.45) is -0.00517. The highest BCUT2D eigenvalue weighted by Gasteiger charge is 2.05. The molecule has 0 aromatic heterocycles. The Balaban J connectivity index is 0.00000400. The Morgan fingerprint density at radius 3 is 2.38 bits per heavy atom. The highest BCUT2D eigenvalue weighted by Crippen LogP contribution is 2.19. The van der Waals surface area contributed by atoms with Crippen LogP contribution in [0.2, 0.25) is 0 Å². The molecular weight excluding hydrogens is 381 g/mol. The lowest BCUT2D eigenvalue weighted by Crippen LogP contribution is -2.37. The lowest BCUT2D eigenvalue weighted by atomic mass is 10.3. The SMILES string of the molecule is CCNC(=NCC(C)Oc1cccc(OC)c1)NCC.I. The lowest BCUT2D eigenvalue weighted by molar-refractivity contribution is 0.229. The molecule has 6 heteroatoms. The maximum absolute atomic E-state index is 5.82. The highest BCUT2D eigenvalue weighted by molar-refractivity contribution is 14.0. The van der Waals surface area contributed by atoms with Crippen LogP contribution in [0.3, 0.4) is 0 Å². The van der Waals surface area contributed by atoms with Crippen molar-refractivity contribution >= 4 is 29.9 Å². The van der Waals surface area contributed by atoms with E-state index in [9.17, 15) is 0 Å². The number of hydrogen-bond donors (Lipinski definition) is 2. The van der Waals surface area contributed by atoms with E-state index in [1.54, 1.807) is 7.11 Å². The summed E-state index contributed by atoms with van der Waals surface area (Å²) in [4.78, 5) is 4.48. The van der Waals surface area contributed by atoms with Gasteiger partial charge in [-0.15, -0.1) is 24.0 Å². The van der Waals surface area contributed by atoms with Gasteiger partial charge in [0.2, 0.25) is 0 Å². The zero-order valence-electron chi connectivity index (χ0n) is 13.2. The molecule has 1 aromatic carbocycles. The van der Waals surface area contributed by atoms with Gasteiger partial charge in [0.25, 0.3) is 0 Å². The molecule has 0 bridgehead atoms. The summed E-state index contributed by atoms with van der Waals surface area (Å²) < 4.78 is 11.0. The quantitative estimate of drug-likeness (QED) is 0.415. The van der Waals surface area contributed by atoms with Gasteiger partial charge in [-0.2, -0.15) is 0 Å². The van der Waals surface area contributed by atoms with Crippen molar-refractivity contribution in [2.75, 3.05) is 26.7 Å². The summed E-state index contributed by atoms with van der Waals surface area (Å²) in [6, 6.07) is 7.59. The Hall–Kier alpha value is -1.18. The minimum Gasteiger partial charge on any atom is -0.497 e. The average Bonchev–Trinajstić information content (AvgIpc) is 2.45. The number of methoxy groups -OCH3 is 1. The third-order valence-electron chi connectivity index (χ3n) is 2.57. The van der Waals surface area contributed by atoms with Gasteiger partial charge in [0, 0.05) is 19.2 Å². The summed E-state index contributed by atoms with van der Waals surface area (Å²) >= 11 is 0. The lowest BCUT2D eigenvalue weighted by Gasteiger charge is -2.15. The third-order valence-corrected chi connectivity index (χ3v) is 2.57. The Kier molecular flexibility index (Phi) is 10.8. The molecule has 0 radical (unpaired) electrons. The number of nitrogens with zero attached hydrogens (tertiary/aromatic N) is 1. The van der Waals surface area contributed by atoms with Crippen molar-refractivity contribution in [1.29, 1.82) is 0 Å². The molecule has 0 aliphatic rings. The first kappa shape index (κ1) is 19.8. The van der Waals surface area contributed by atoms with E-state index in [2.05, 4.69) is 15.6 Å². The fraction of sp³-hybridized carbons (Fsp3) is 0.533. The summed E-state index contributed by atoms with van der Waals surface area (Å²) in [5, 5.41) is 6.37. The fourth-order valence-corrected chi connectivity index (χ4v) is 1.67. The van der Waals surface area contributed by atoms with Crippen LogP contribution < -0.4 is 20.1 Å². The van der Waals surface area contributed by atoms with Gasteiger partial charge < -0.3 is 20.1 Å². The van der Waals surface area contributed by atoms with E-state index in [1.165, 1.54) is 0 Å². The molecule has 21 heavy (non-hydrogen) atoms. The van der Waals surface area contributed by atoms with Crippen LogP contribution in [0.4, 0.5) is 0 Å². The first-order chi connectivity index (χ1) is 9.69. The molecule has 120 valence electrons. The first-order valence-corrected chi connectivity index (χ1v) is 7.02. The van der Waals surface area contributed by atoms with Crippen molar-refractivity contribution in [2.24, 2.45) is 4.99 Å². The molecule has 0 amide bonds. The Bertz CT molecular complexity index is 419. The first-order valence-electron chi connectivity index (χ1n) is 7.02. The second-order valence-electron chi connectivity index (χ2n) is 4.36. The van der Waals surface area contributed by atoms with Crippen molar-refractivity contribution in [3.8, 4) is 11.5 Å². The standard InChI is InChI=1S/C15H25N3O2.HI/c1-5-16-15(17-6-2)18-11-12(3)20-14-9-7-8-13(10-14)19-4;/h7-10,12H,5-6,11H2,1-4H3,(H2,16,17,18);1H. The molecule has 0 heterocycles. The molecule has 0 spiro atoms. The Labute approximate surface area is 144 Å². The molecule has 0 fully saturated rings. The van der Waals surface area contributed by atoms with Gasteiger partial charge in [0.1, 0.15) is 17.6 Å². The van der Waals surface area contributed by atoms with Gasteiger partial charge in [0.15, 0.2) is 5.96 Å². The van der Waals surface area contributed by atoms with Crippen LogP contribution in [0.5, 0.6) is 11.5 Å². The van der Waals surface area contributed by atoms with Gasteiger partial charge in [-0.1, -0.05) is 6.07 Å². The van der Waals surface area contributed by atoms with Crippen molar-refractivity contribution in [3.63, 3.8) is 0 Å². The van der Waals surface area contributed by atoms with Crippen LogP contribution in [-0.2, 0) is 0 Å². The number of rotatable bonds is 7. The number of halogens is 1. The molecule has 1 unspecified atom stereocenters. The molecule has 0 aliphatic heterocycles. The van der Waals surface area contributed by atoms with E-state index in [-0.39, 0.29) is 30.1 Å². The zero-order valence-corrected chi connectivity index (χ0v) is 15.5. The van der Waals surface area contributed by atoms with Crippen LogP contribution in [0.1, 0.15) is 20.8 Å². The van der Waals surface area contributed by atoms with E-state index in [1.807, 2.05) is 45.0 Å². The molecule has 0 saturated carbocycles. The normalized spacial score (nSPS) is 10.9. The summed E-state index contributed by atoms with van der Waals surface area (Å²) in [7, 11) is 1.64. The topological polar surface area (TPSA) is 54.9 Å². The van der Waals surface area contributed by atoms with Crippen molar-refractivity contribution in [2.45, 2.75) is 26.9 Å². The molecule has 1 aromatic rings. The minimum atomic E-state index is -0.00517. The summed E-state index contributed by atoms with van der Waals surface area (Å²) in [5.41, 5.74) is 0. The van der Waals surface area contributed by atoms with Crippen molar-refractivity contribution in [1.82, 2.24) is 10.6 Å². The van der Waals surface area contributed by atoms with Crippen molar-refractivity contribution in [3.05, 3.63) is 24.3 Å². The van der Waals surface area contributed by atoms with Crippen LogP contribution in [0.15, 0.2) is 29.3 Å². The second kappa shape index (κ2) is 11.5. The molecule has 2 N–H and O–H groups in total. The molecule has 0 saturated heterocycles. The summed E-state index contributed by atoms with van der Waals surface area (Å²) in [5.74, 6) is 2.40. The Morgan fingerprint density at radius 2 is 1.81 bits per heavy atom. The maximum atomic E-state index is 5.82. The van der Waals surface area contributed by atoms with Gasteiger partial charge in [-0.05, 0) is 32.9 Å². The smallest absolute Gasteiger partial charge is 0.191 e. The zero-order chi connectivity index (χ0) is 14.8. The van der Waals surface area contributed by atoms with Crippen LogP contribution in [0, 0.1) is 0 Å². The van der Waals surface area contributed by atoms with Gasteiger partial charge in [0.05, 0.1) is 13.7 Å². The molecular formula is C15H26IN3O2. The monoisotopic (exact) mass is 407 g/mol. The molecule has 5 nitrogen and oxygen atoms in total. The largest absolute Gasteiger partial charge is 0.497 e. The van der Waals surface area contributed by atoms with E-state index in [0.717, 1.165) is 30.5 Å². The van der Waals surface area contributed by atoms with Gasteiger partial charge >= 0.3 is 0 Å². The summed E-state index contributed by atoms with van der Waals surface area (Å²) in [6.45, 7) is 8.37. The Morgan fingerprint density at radius 1 is 1.19 bits per heavy atom. The number of benzene rings is 1. The predicted molar refractivity (Wildman–Crippen MR) is 98.2 cm³/mol. The average molecular weight is 407 g/mol. The molecule has 0 aliphatic carbocycles. The molecule has 1 atom stereocenters. The number of nitrogens with one attached hydrogen (secondary N) is 2. The number of aliphatic imine (C=N–C) groups is 1. The van der Waals surface area contributed by atoms with Crippen LogP contribution in [0.25, 0.3) is 0 Å². The van der Waals surface area contributed by atoms with Crippen LogP contribution >= 0.6 is 24.0 Å². The number of hydrogen-bond acceptors (Lipinski definition) is 3. The van der Waals surface area contributed by atoms with Gasteiger partial charge in [-0.3, -0.25) is 0 Å². The number of guanidine groups is 1. The predicted octanol–water partition coefficient (Wildman–Crippen LogP) is 2.66. The minimum absolute atomic E-state index is 0. The molecule has 1 rings (SSSR count). The van der Waals surface area contributed by atoms with Crippen LogP contribution in [-0.4, -0.2) is 38.8 Å². The fourth-order valence-electron chi connectivity index (χ4n) is 1.67. The van der Waals surface area contributed by atoms with Crippen molar-refractivity contribution < 1.29 is 9.47 Å². The van der Waals surface area contributed by atoms with E-state index < -0.39 is 0 Å². The van der Waals surface area contributed by atoms with Gasteiger partial charge in [-0.25, -0.2) is 4.99 Å². The third kappa shape index (κ3) is 7.99.